The van der Waals surface area contributed by atoms with Gasteiger partial charge in [-0.3, -0.25) is 15.5 Å². The summed E-state index contributed by atoms with van der Waals surface area (Å²) in [6.45, 7) is 5.08. The smallest absolute Gasteiger partial charge is 0.410 e. The van der Waals surface area contributed by atoms with Crippen molar-refractivity contribution in [1.82, 2.24) is 20.4 Å². The molecule has 0 aliphatic carbocycles. The van der Waals surface area contributed by atoms with Crippen LogP contribution >= 0.6 is 0 Å². The van der Waals surface area contributed by atoms with Crippen molar-refractivity contribution in [2.45, 2.75) is 37.8 Å². The van der Waals surface area contributed by atoms with Gasteiger partial charge in [0, 0.05) is 37.8 Å². The molecule has 23 heavy (non-hydrogen) atoms. The lowest BCUT2D eigenvalue weighted by Gasteiger charge is -2.37. The van der Waals surface area contributed by atoms with E-state index >= 15 is 0 Å². The van der Waals surface area contributed by atoms with Gasteiger partial charge in [-0.25, -0.2) is 4.79 Å². The van der Waals surface area contributed by atoms with E-state index in [0.29, 0.717) is 19.5 Å². The summed E-state index contributed by atoms with van der Waals surface area (Å²) in [7, 11) is 1.47. The molecule has 2 unspecified atom stereocenters. The number of methoxy groups -OCH3 is 1. The van der Waals surface area contributed by atoms with Crippen LogP contribution in [0.4, 0.5) is 4.79 Å². The Balaban J connectivity index is 1.66. The first-order valence-corrected chi connectivity index (χ1v) is 8.60. The van der Waals surface area contributed by atoms with E-state index in [4.69, 9.17) is 9.47 Å². The zero-order chi connectivity index (χ0) is 16.1. The second-order valence-electron chi connectivity index (χ2n) is 6.37. The summed E-state index contributed by atoms with van der Waals surface area (Å²) in [5, 5.41) is 6.60. The lowest BCUT2D eigenvalue weighted by Crippen LogP contribution is -2.45. The van der Waals surface area contributed by atoms with Gasteiger partial charge >= 0.3 is 6.09 Å². The van der Waals surface area contributed by atoms with Gasteiger partial charge in [-0.1, -0.05) is 0 Å². The number of rotatable bonds is 1. The SMILES string of the molecule is COC(=O)N1C2C=C(N3CCCNCOCNCC3)CC1CC2. The predicted molar refractivity (Wildman–Crippen MR) is 86.8 cm³/mol. The molecule has 130 valence electrons. The molecular weight excluding hydrogens is 296 g/mol. The topological polar surface area (TPSA) is 66.1 Å². The first-order valence-electron chi connectivity index (χ1n) is 8.60. The van der Waals surface area contributed by atoms with Crippen molar-refractivity contribution in [1.29, 1.82) is 0 Å². The summed E-state index contributed by atoms with van der Waals surface area (Å²) in [4.78, 5) is 16.4. The maximum atomic E-state index is 12.0. The third kappa shape index (κ3) is 3.97. The van der Waals surface area contributed by atoms with Crippen LogP contribution in [0.15, 0.2) is 11.8 Å². The van der Waals surface area contributed by atoms with Gasteiger partial charge in [-0.05, 0) is 31.9 Å². The van der Waals surface area contributed by atoms with Gasteiger partial charge in [0.15, 0.2) is 0 Å². The van der Waals surface area contributed by atoms with E-state index in [9.17, 15) is 4.79 Å². The molecular formula is C16H28N4O3. The minimum absolute atomic E-state index is 0.187. The van der Waals surface area contributed by atoms with Crippen molar-refractivity contribution in [3.63, 3.8) is 0 Å². The zero-order valence-corrected chi connectivity index (χ0v) is 13.9. The molecule has 2 fully saturated rings. The monoisotopic (exact) mass is 324 g/mol. The van der Waals surface area contributed by atoms with Crippen LogP contribution in [0.5, 0.6) is 0 Å². The number of ether oxygens (including phenoxy) is 2. The van der Waals surface area contributed by atoms with E-state index in [1.54, 1.807) is 0 Å². The molecule has 0 radical (unpaired) electrons. The van der Waals surface area contributed by atoms with Gasteiger partial charge in [-0.15, -0.1) is 0 Å². The van der Waals surface area contributed by atoms with E-state index in [0.717, 1.165) is 51.9 Å². The maximum absolute atomic E-state index is 12.0. The summed E-state index contributed by atoms with van der Waals surface area (Å²) in [6.07, 6.45) is 6.25. The van der Waals surface area contributed by atoms with E-state index in [1.807, 2.05) is 4.90 Å². The van der Waals surface area contributed by atoms with E-state index in [1.165, 1.54) is 12.8 Å². The normalized spacial score (nSPS) is 29.7. The fraction of sp³-hybridized carbons (Fsp3) is 0.812. The number of carbonyl (C=O) groups is 1. The molecule has 2 atom stereocenters. The highest BCUT2D eigenvalue weighted by molar-refractivity contribution is 5.69. The molecule has 3 rings (SSSR count). The van der Waals surface area contributed by atoms with Crippen LogP contribution in [0.2, 0.25) is 0 Å². The average molecular weight is 324 g/mol. The average Bonchev–Trinajstić information content (AvgIpc) is 2.82. The van der Waals surface area contributed by atoms with Crippen LogP contribution < -0.4 is 10.6 Å². The first-order chi connectivity index (χ1) is 11.3. The molecule has 1 amide bonds. The van der Waals surface area contributed by atoms with Crippen LogP contribution in [0.1, 0.15) is 25.7 Å². The molecule has 7 nitrogen and oxygen atoms in total. The first kappa shape index (κ1) is 16.5. The molecule has 3 aliphatic rings. The number of nitrogens with zero attached hydrogens (tertiary/aromatic N) is 2. The predicted octanol–water partition coefficient (Wildman–Crippen LogP) is 0.690. The second-order valence-corrected chi connectivity index (χ2v) is 6.37. The number of carbonyl (C=O) groups excluding carboxylic acids is 1. The van der Waals surface area contributed by atoms with Gasteiger partial charge < -0.3 is 14.4 Å². The highest BCUT2D eigenvalue weighted by atomic mass is 16.5. The standard InChI is InChI=1S/C16H28N4O3/c1-22-16(21)20-13-3-4-14(20)10-15(9-13)19-7-2-5-17-11-23-12-18-6-8-19/h9,13-14,17-18H,2-8,10-12H2,1H3. The van der Waals surface area contributed by atoms with Crippen LogP contribution in [0.25, 0.3) is 0 Å². The Morgan fingerprint density at radius 2 is 2.09 bits per heavy atom. The summed E-state index contributed by atoms with van der Waals surface area (Å²) in [5.41, 5.74) is 1.39. The quantitative estimate of drug-likeness (QED) is 0.740. The molecule has 0 spiro atoms. The van der Waals surface area contributed by atoms with Gasteiger partial charge in [0.05, 0.1) is 26.6 Å². The summed E-state index contributed by atoms with van der Waals surface area (Å²) in [6, 6.07) is 0.490. The van der Waals surface area contributed by atoms with E-state index < -0.39 is 0 Å². The van der Waals surface area contributed by atoms with E-state index in [-0.39, 0.29) is 12.1 Å². The fourth-order valence-corrected chi connectivity index (χ4v) is 3.78. The lowest BCUT2D eigenvalue weighted by atomic mass is 10.1. The highest BCUT2D eigenvalue weighted by Gasteiger charge is 2.41. The van der Waals surface area contributed by atoms with Crippen LogP contribution in [-0.2, 0) is 9.47 Å². The third-order valence-electron chi connectivity index (χ3n) is 4.92. The minimum atomic E-state index is -0.187. The molecule has 0 aromatic carbocycles. The Labute approximate surface area is 138 Å². The van der Waals surface area contributed by atoms with Crippen LogP contribution in [0.3, 0.4) is 0 Å². The number of amides is 1. The number of nitrogens with one attached hydrogen (secondary N) is 2. The van der Waals surface area contributed by atoms with Gasteiger partial charge in [-0.2, -0.15) is 0 Å². The Kier molecular flexibility index (Phi) is 5.75. The van der Waals surface area contributed by atoms with Crippen molar-refractivity contribution < 1.29 is 14.3 Å². The Morgan fingerprint density at radius 1 is 1.26 bits per heavy atom. The summed E-state index contributed by atoms with van der Waals surface area (Å²) in [5.74, 6) is 0. The number of hydrogen-bond donors (Lipinski definition) is 2. The molecule has 0 aromatic rings. The van der Waals surface area contributed by atoms with Crippen LogP contribution in [-0.4, -0.2) is 74.7 Å². The van der Waals surface area contributed by atoms with Crippen LogP contribution in [0, 0.1) is 0 Å². The van der Waals surface area contributed by atoms with Crippen molar-refractivity contribution in [2.24, 2.45) is 0 Å². The summed E-state index contributed by atoms with van der Waals surface area (Å²) < 4.78 is 10.4. The Hall–Kier alpha value is -1.31. The molecule has 3 heterocycles. The Morgan fingerprint density at radius 3 is 2.87 bits per heavy atom. The van der Waals surface area contributed by atoms with Gasteiger partial charge in [0.2, 0.25) is 0 Å². The lowest BCUT2D eigenvalue weighted by molar-refractivity contribution is 0.1000. The fourth-order valence-electron chi connectivity index (χ4n) is 3.78. The summed E-state index contributed by atoms with van der Waals surface area (Å²) >= 11 is 0. The highest BCUT2D eigenvalue weighted by Crippen LogP contribution is 2.36. The second kappa shape index (κ2) is 7.99. The van der Waals surface area contributed by atoms with Crippen molar-refractivity contribution in [3.05, 3.63) is 11.8 Å². The van der Waals surface area contributed by atoms with E-state index in [2.05, 4.69) is 21.6 Å². The van der Waals surface area contributed by atoms with Gasteiger partial charge in [0.25, 0.3) is 0 Å². The molecule has 2 bridgehead atoms. The van der Waals surface area contributed by atoms with Crippen molar-refractivity contribution in [2.75, 3.05) is 46.8 Å². The molecule has 2 N–H and O–H groups in total. The van der Waals surface area contributed by atoms with Crippen molar-refractivity contribution >= 4 is 6.09 Å². The molecule has 0 aromatic heterocycles. The maximum Gasteiger partial charge on any atom is 0.410 e. The largest absolute Gasteiger partial charge is 0.453 e. The third-order valence-corrected chi connectivity index (χ3v) is 4.92. The Bertz CT molecular complexity index is 431. The molecule has 0 saturated carbocycles. The minimum Gasteiger partial charge on any atom is -0.453 e. The molecule has 3 aliphatic heterocycles. The number of hydrogen-bond acceptors (Lipinski definition) is 6. The molecule has 7 heteroatoms. The zero-order valence-electron chi connectivity index (χ0n) is 13.9. The van der Waals surface area contributed by atoms with Crippen molar-refractivity contribution in [3.8, 4) is 0 Å². The van der Waals surface area contributed by atoms with Gasteiger partial charge in [0.1, 0.15) is 0 Å². The molecule has 2 saturated heterocycles. The number of fused-ring (bicyclic) bond motifs is 2.